The fourth-order valence-corrected chi connectivity index (χ4v) is 1.82. The molecule has 0 saturated heterocycles. The summed E-state index contributed by atoms with van der Waals surface area (Å²) in [5.41, 5.74) is 0.831. The molecule has 1 atom stereocenters. The molecular weight excluding hydrogens is 314 g/mol. The number of rotatable bonds is 9. The van der Waals surface area contributed by atoms with Crippen LogP contribution in [0, 0.1) is 0 Å². The quantitative estimate of drug-likeness (QED) is 0.441. The van der Waals surface area contributed by atoms with E-state index in [1.54, 1.807) is 24.3 Å². The van der Waals surface area contributed by atoms with Crippen LogP contribution < -0.4 is 16.0 Å². The second kappa shape index (κ2) is 9.78. The molecule has 0 aromatic heterocycles. The van der Waals surface area contributed by atoms with Gasteiger partial charge in [-0.05, 0) is 11.6 Å². The number of carboxylic acid groups (broad SMARTS) is 1. The number of benzene rings is 1. The Balaban J connectivity index is 2.62. The van der Waals surface area contributed by atoms with E-state index in [2.05, 4.69) is 22.5 Å². The Labute approximate surface area is 138 Å². The van der Waals surface area contributed by atoms with Crippen LogP contribution in [0.2, 0.25) is 0 Å². The van der Waals surface area contributed by atoms with Gasteiger partial charge in [0.2, 0.25) is 17.7 Å². The highest BCUT2D eigenvalue weighted by Crippen LogP contribution is 2.03. The molecule has 3 amide bonds. The second-order valence-electron chi connectivity index (χ2n) is 4.84. The van der Waals surface area contributed by atoms with Crippen LogP contribution in [0.25, 0.3) is 0 Å². The van der Waals surface area contributed by atoms with Crippen molar-refractivity contribution in [3.63, 3.8) is 0 Å². The third-order valence-corrected chi connectivity index (χ3v) is 2.96. The van der Waals surface area contributed by atoms with Crippen LogP contribution in [0.1, 0.15) is 5.56 Å². The fourth-order valence-electron chi connectivity index (χ4n) is 1.82. The summed E-state index contributed by atoms with van der Waals surface area (Å²) in [4.78, 5) is 45.4. The van der Waals surface area contributed by atoms with E-state index < -0.39 is 36.3 Å². The van der Waals surface area contributed by atoms with Gasteiger partial charge in [0, 0.05) is 6.42 Å². The van der Waals surface area contributed by atoms with E-state index in [1.807, 2.05) is 6.07 Å². The molecule has 0 saturated carbocycles. The zero-order valence-electron chi connectivity index (χ0n) is 13.0. The van der Waals surface area contributed by atoms with E-state index in [0.29, 0.717) is 0 Å². The topological polar surface area (TPSA) is 125 Å². The number of hydrogen-bond donors (Lipinski definition) is 4. The van der Waals surface area contributed by atoms with Gasteiger partial charge in [-0.2, -0.15) is 0 Å². The van der Waals surface area contributed by atoms with Crippen LogP contribution in [0.15, 0.2) is 43.0 Å². The minimum absolute atomic E-state index is 0.239. The van der Waals surface area contributed by atoms with Gasteiger partial charge in [0.1, 0.15) is 12.6 Å². The lowest BCUT2D eigenvalue weighted by molar-refractivity contribution is -0.137. The third-order valence-electron chi connectivity index (χ3n) is 2.96. The monoisotopic (exact) mass is 333 g/mol. The molecule has 0 bridgehead atoms. The largest absolute Gasteiger partial charge is 0.480 e. The van der Waals surface area contributed by atoms with Crippen molar-refractivity contribution < 1.29 is 24.3 Å². The summed E-state index contributed by atoms with van der Waals surface area (Å²) in [5, 5.41) is 15.4. The molecule has 0 fully saturated rings. The van der Waals surface area contributed by atoms with Crippen molar-refractivity contribution >= 4 is 23.7 Å². The summed E-state index contributed by atoms with van der Waals surface area (Å²) in [6.07, 6.45) is 1.29. The van der Waals surface area contributed by atoms with Gasteiger partial charge in [0.05, 0.1) is 6.54 Å². The van der Waals surface area contributed by atoms with E-state index in [9.17, 15) is 19.2 Å². The van der Waals surface area contributed by atoms with Crippen molar-refractivity contribution in [1.29, 1.82) is 0 Å². The van der Waals surface area contributed by atoms with Gasteiger partial charge in [-0.25, -0.2) is 0 Å². The van der Waals surface area contributed by atoms with Crippen molar-refractivity contribution in [3.8, 4) is 0 Å². The Morgan fingerprint density at radius 3 is 2.33 bits per heavy atom. The lowest BCUT2D eigenvalue weighted by atomic mass is 10.1. The van der Waals surface area contributed by atoms with Gasteiger partial charge in [-0.15, -0.1) is 0 Å². The molecule has 1 aromatic carbocycles. The number of aliphatic carboxylic acids is 1. The lowest BCUT2D eigenvalue weighted by Crippen LogP contribution is -2.50. The zero-order valence-corrected chi connectivity index (χ0v) is 13.0. The molecule has 0 heterocycles. The third kappa shape index (κ3) is 7.21. The maximum atomic E-state index is 12.2. The molecule has 24 heavy (non-hydrogen) atoms. The van der Waals surface area contributed by atoms with Gasteiger partial charge in [0.25, 0.3) is 0 Å². The van der Waals surface area contributed by atoms with Crippen molar-refractivity contribution in [2.24, 2.45) is 0 Å². The molecule has 128 valence electrons. The second-order valence-corrected chi connectivity index (χ2v) is 4.84. The van der Waals surface area contributed by atoms with Crippen molar-refractivity contribution in [3.05, 3.63) is 48.6 Å². The summed E-state index contributed by atoms with van der Waals surface area (Å²) in [5.74, 6) is -2.89. The Morgan fingerprint density at radius 2 is 1.75 bits per heavy atom. The Kier molecular flexibility index (Phi) is 7.69. The average molecular weight is 333 g/mol. The highest BCUT2D eigenvalue weighted by Gasteiger charge is 2.20. The molecule has 0 spiro atoms. The van der Waals surface area contributed by atoms with Crippen LogP contribution in [0.3, 0.4) is 0 Å². The predicted molar refractivity (Wildman–Crippen MR) is 85.9 cm³/mol. The van der Waals surface area contributed by atoms with Gasteiger partial charge >= 0.3 is 5.97 Å². The molecule has 0 unspecified atom stereocenters. The van der Waals surface area contributed by atoms with Crippen LogP contribution in [0.4, 0.5) is 0 Å². The maximum Gasteiger partial charge on any atom is 0.322 e. The Hall–Kier alpha value is -3.16. The van der Waals surface area contributed by atoms with Crippen molar-refractivity contribution in [2.75, 3.05) is 13.1 Å². The Bertz CT molecular complexity index is 615. The van der Waals surface area contributed by atoms with E-state index in [1.165, 1.54) is 0 Å². The number of carboxylic acids is 1. The maximum absolute atomic E-state index is 12.2. The van der Waals surface area contributed by atoms with Crippen LogP contribution in [-0.4, -0.2) is 47.9 Å². The van der Waals surface area contributed by atoms with Crippen molar-refractivity contribution in [1.82, 2.24) is 16.0 Å². The molecule has 8 nitrogen and oxygen atoms in total. The van der Waals surface area contributed by atoms with E-state index in [0.717, 1.165) is 11.6 Å². The highest BCUT2D eigenvalue weighted by molar-refractivity contribution is 5.94. The summed E-state index contributed by atoms with van der Waals surface area (Å²) in [6, 6.07) is 8.16. The van der Waals surface area contributed by atoms with Gasteiger partial charge < -0.3 is 21.1 Å². The first-order valence-corrected chi connectivity index (χ1v) is 7.15. The molecule has 0 aliphatic heterocycles. The number of hydrogen-bond acceptors (Lipinski definition) is 4. The number of carbonyl (C=O) groups excluding carboxylic acids is 3. The average Bonchev–Trinajstić information content (AvgIpc) is 2.57. The number of carbonyl (C=O) groups is 4. The minimum atomic E-state index is -1.19. The molecule has 1 rings (SSSR count). The summed E-state index contributed by atoms with van der Waals surface area (Å²) < 4.78 is 0. The first-order chi connectivity index (χ1) is 11.4. The fraction of sp³-hybridized carbons (Fsp3) is 0.250. The number of amides is 3. The van der Waals surface area contributed by atoms with E-state index >= 15 is 0 Å². The minimum Gasteiger partial charge on any atom is -0.480 e. The molecule has 8 heteroatoms. The summed E-state index contributed by atoms with van der Waals surface area (Å²) in [6.45, 7) is 2.41. The normalized spacial score (nSPS) is 11.0. The van der Waals surface area contributed by atoms with E-state index in [4.69, 9.17) is 5.11 Å². The summed E-state index contributed by atoms with van der Waals surface area (Å²) in [7, 11) is 0. The van der Waals surface area contributed by atoms with Crippen LogP contribution >= 0.6 is 0 Å². The lowest BCUT2D eigenvalue weighted by Gasteiger charge is -2.17. The smallest absolute Gasteiger partial charge is 0.322 e. The molecule has 0 aliphatic carbocycles. The van der Waals surface area contributed by atoms with Crippen molar-refractivity contribution in [2.45, 2.75) is 12.5 Å². The number of nitrogens with one attached hydrogen (secondary N) is 3. The van der Waals surface area contributed by atoms with Crippen LogP contribution in [-0.2, 0) is 25.6 Å². The van der Waals surface area contributed by atoms with Gasteiger partial charge in [0.15, 0.2) is 0 Å². The first kappa shape index (κ1) is 18.9. The van der Waals surface area contributed by atoms with Gasteiger partial charge in [-0.3, -0.25) is 19.2 Å². The first-order valence-electron chi connectivity index (χ1n) is 7.15. The predicted octanol–water partition coefficient (Wildman–Crippen LogP) is -0.783. The Morgan fingerprint density at radius 1 is 1.08 bits per heavy atom. The molecule has 0 radical (unpaired) electrons. The molecule has 1 aromatic rings. The highest BCUT2D eigenvalue weighted by atomic mass is 16.4. The van der Waals surface area contributed by atoms with Gasteiger partial charge in [-0.1, -0.05) is 36.9 Å². The zero-order chi connectivity index (χ0) is 17.9. The summed E-state index contributed by atoms with van der Waals surface area (Å²) >= 11 is 0. The molecule has 0 aliphatic rings. The standard InChI is InChI=1S/C16H19N3O5/c1-2-13(20)19-12(8-11-6-4-3-5-7-11)16(24)18-9-14(21)17-10-15(22)23/h2-7,12H,1,8-10H2,(H,17,21)(H,18,24)(H,19,20)(H,22,23)/t12-/m0/s1. The molecular formula is C16H19N3O5. The van der Waals surface area contributed by atoms with Crippen LogP contribution in [0.5, 0.6) is 0 Å². The SMILES string of the molecule is C=CC(=O)N[C@@H](Cc1ccccc1)C(=O)NCC(=O)NCC(=O)O. The molecule has 4 N–H and O–H groups in total. The van der Waals surface area contributed by atoms with E-state index in [-0.39, 0.29) is 13.0 Å².